The van der Waals surface area contributed by atoms with E-state index < -0.39 is 5.91 Å². The highest BCUT2D eigenvalue weighted by molar-refractivity contribution is 6.32. The summed E-state index contributed by atoms with van der Waals surface area (Å²) in [7, 11) is 1.63. The monoisotopic (exact) mass is 280 g/mol. The van der Waals surface area contributed by atoms with E-state index in [4.69, 9.17) is 22.1 Å². The van der Waals surface area contributed by atoms with E-state index in [-0.39, 0.29) is 0 Å². The Hall–Kier alpha value is -1.68. The number of nitrogens with zero attached hydrogens (tertiary/aromatic N) is 1. The van der Waals surface area contributed by atoms with Crippen molar-refractivity contribution >= 4 is 29.3 Å². The number of hydrogen-bond acceptors (Lipinski definition) is 3. The number of carbonyl (C=O) groups excluding carboxylic acids is 1. The molecule has 5 heteroatoms. The molecule has 102 valence electrons. The van der Waals surface area contributed by atoms with E-state index >= 15 is 0 Å². The van der Waals surface area contributed by atoms with Crippen molar-refractivity contribution in [3.05, 3.63) is 28.8 Å². The number of anilines is 1. The maximum Gasteiger partial charge on any atom is 0.241 e. The van der Waals surface area contributed by atoms with Crippen LogP contribution in [-0.2, 0) is 4.79 Å². The van der Waals surface area contributed by atoms with Crippen molar-refractivity contribution in [2.75, 3.05) is 25.1 Å². The van der Waals surface area contributed by atoms with Crippen molar-refractivity contribution in [3.8, 4) is 5.75 Å². The normalized spacial score (nSPS) is 15.2. The summed E-state index contributed by atoms with van der Waals surface area (Å²) in [6.45, 7) is 2.03. The zero-order valence-corrected chi connectivity index (χ0v) is 11.6. The van der Waals surface area contributed by atoms with Crippen LogP contribution in [0.3, 0.4) is 0 Å². The second kappa shape index (κ2) is 5.97. The number of halogens is 1. The number of nitrogens with two attached hydrogens (primary N) is 1. The molecule has 2 rings (SSSR count). The van der Waals surface area contributed by atoms with E-state index in [1.807, 2.05) is 12.1 Å². The SMILES string of the molecule is COc1cc(/C=C\C(N)=O)c(Cl)cc1N1CCCC1. The van der Waals surface area contributed by atoms with Gasteiger partial charge in [0.1, 0.15) is 5.75 Å². The number of primary amides is 1. The van der Waals surface area contributed by atoms with Crippen molar-refractivity contribution in [3.63, 3.8) is 0 Å². The summed E-state index contributed by atoms with van der Waals surface area (Å²) >= 11 is 6.23. The van der Waals surface area contributed by atoms with Gasteiger partial charge in [0.05, 0.1) is 17.8 Å². The van der Waals surface area contributed by atoms with Gasteiger partial charge in [-0.05, 0) is 36.6 Å². The van der Waals surface area contributed by atoms with Crippen molar-refractivity contribution in [1.82, 2.24) is 0 Å². The Bertz CT molecular complexity index is 508. The van der Waals surface area contributed by atoms with E-state index in [1.54, 1.807) is 13.2 Å². The van der Waals surface area contributed by atoms with Crippen LogP contribution in [-0.4, -0.2) is 26.1 Å². The maximum absolute atomic E-state index is 10.8. The lowest BCUT2D eigenvalue weighted by molar-refractivity contribution is -0.113. The molecular formula is C14H17ClN2O2. The first-order valence-corrected chi connectivity index (χ1v) is 6.59. The third-order valence-electron chi connectivity index (χ3n) is 3.17. The summed E-state index contributed by atoms with van der Waals surface area (Å²) in [5.41, 5.74) is 6.81. The molecule has 1 saturated heterocycles. The van der Waals surface area contributed by atoms with Crippen molar-refractivity contribution < 1.29 is 9.53 Å². The Morgan fingerprint density at radius 2 is 2.11 bits per heavy atom. The Balaban J connectivity index is 2.36. The topological polar surface area (TPSA) is 55.6 Å². The fourth-order valence-electron chi connectivity index (χ4n) is 2.23. The standard InChI is InChI=1S/C14H17ClN2O2/c1-19-13-8-10(4-5-14(16)18)11(15)9-12(13)17-6-2-3-7-17/h4-5,8-9H,2-3,6-7H2,1H3,(H2,16,18)/b5-4-. The van der Waals surface area contributed by atoms with Crippen LogP contribution < -0.4 is 15.4 Å². The molecule has 1 aromatic rings. The lowest BCUT2D eigenvalue weighted by Gasteiger charge is -2.21. The van der Waals surface area contributed by atoms with Gasteiger partial charge in [-0.1, -0.05) is 11.6 Å². The van der Waals surface area contributed by atoms with Crippen LogP contribution in [0.1, 0.15) is 18.4 Å². The van der Waals surface area contributed by atoms with Crippen LogP contribution in [0.5, 0.6) is 5.75 Å². The number of amides is 1. The van der Waals surface area contributed by atoms with Crippen molar-refractivity contribution in [2.45, 2.75) is 12.8 Å². The van der Waals surface area contributed by atoms with Crippen LogP contribution in [0.25, 0.3) is 6.08 Å². The minimum Gasteiger partial charge on any atom is -0.495 e. The summed E-state index contributed by atoms with van der Waals surface area (Å²) in [6, 6.07) is 3.71. The van der Waals surface area contributed by atoms with Gasteiger partial charge in [-0.3, -0.25) is 4.79 Å². The first-order valence-electron chi connectivity index (χ1n) is 6.22. The highest BCUT2D eigenvalue weighted by Crippen LogP contribution is 2.36. The fourth-order valence-corrected chi connectivity index (χ4v) is 2.45. The van der Waals surface area contributed by atoms with E-state index in [0.717, 1.165) is 30.1 Å². The number of benzene rings is 1. The lowest BCUT2D eigenvalue weighted by atomic mass is 10.1. The molecule has 1 fully saturated rings. The third kappa shape index (κ3) is 3.20. The fraction of sp³-hybridized carbons (Fsp3) is 0.357. The molecule has 1 aliphatic rings. The predicted octanol–water partition coefficient (Wildman–Crippen LogP) is 2.45. The first-order chi connectivity index (χ1) is 9.11. The molecule has 0 saturated carbocycles. The van der Waals surface area contributed by atoms with Gasteiger partial charge >= 0.3 is 0 Å². The molecule has 1 heterocycles. The zero-order valence-electron chi connectivity index (χ0n) is 10.9. The molecule has 0 bridgehead atoms. The molecule has 0 aromatic heterocycles. The molecular weight excluding hydrogens is 264 g/mol. The number of ether oxygens (including phenoxy) is 1. The van der Waals surface area contributed by atoms with Crippen molar-refractivity contribution in [2.24, 2.45) is 5.73 Å². The van der Waals surface area contributed by atoms with E-state index in [1.165, 1.54) is 18.9 Å². The molecule has 2 N–H and O–H groups in total. The van der Waals surface area contributed by atoms with Gasteiger partial charge in [0.15, 0.2) is 0 Å². The molecule has 19 heavy (non-hydrogen) atoms. The Kier molecular flexibility index (Phi) is 4.32. The Morgan fingerprint density at radius 1 is 1.42 bits per heavy atom. The van der Waals surface area contributed by atoms with Gasteiger partial charge in [0.25, 0.3) is 0 Å². The highest BCUT2D eigenvalue weighted by atomic mass is 35.5. The molecule has 1 aromatic carbocycles. The lowest BCUT2D eigenvalue weighted by Crippen LogP contribution is -2.18. The molecule has 0 aliphatic carbocycles. The summed E-state index contributed by atoms with van der Waals surface area (Å²) in [5, 5.41) is 0.584. The smallest absolute Gasteiger partial charge is 0.241 e. The largest absolute Gasteiger partial charge is 0.495 e. The van der Waals surface area contributed by atoms with Crippen LogP contribution in [0, 0.1) is 0 Å². The third-order valence-corrected chi connectivity index (χ3v) is 3.50. The van der Waals surface area contributed by atoms with Crippen LogP contribution in [0.2, 0.25) is 5.02 Å². The van der Waals surface area contributed by atoms with E-state index in [0.29, 0.717) is 5.02 Å². The minimum absolute atomic E-state index is 0.501. The number of carbonyl (C=O) groups is 1. The number of methoxy groups -OCH3 is 1. The summed E-state index contributed by atoms with van der Waals surface area (Å²) in [5.74, 6) is 0.258. The predicted molar refractivity (Wildman–Crippen MR) is 77.7 cm³/mol. The summed E-state index contributed by atoms with van der Waals surface area (Å²) in [6.07, 6.45) is 5.26. The molecule has 1 aliphatic heterocycles. The first kappa shape index (κ1) is 13.7. The number of hydrogen-bond donors (Lipinski definition) is 1. The van der Waals surface area contributed by atoms with Gasteiger partial charge in [0.2, 0.25) is 5.91 Å². The van der Waals surface area contributed by atoms with Gasteiger partial charge in [-0.15, -0.1) is 0 Å². The molecule has 0 atom stereocenters. The van der Waals surface area contributed by atoms with E-state index in [2.05, 4.69) is 4.90 Å². The molecule has 4 nitrogen and oxygen atoms in total. The molecule has 0 unspecified atom stereocenters. The van der Waals surface area contributed by atoms with Crippen LogP contribution >= 0.6 is 11.6 Å². The molecule has 0 radical (unpaired) electrons. The maximum atomic E-state index is 10.8. The summed E-state index contributed by atoms with van der Waals surface area (Å²) < 4.78 is 5.41. The Labute approximate surface area is 117 Å². The second-order valence-corrected chi connectivity index (χ2v) is 4.88. The average Bonchev–Trinajstić information content (AvgIpc) is 2.90. The molecule has 1 amide bonds. The minimum atomic E-state index is -0.501. The highest BCUT2D eigenvalue weighted by Gasteiger charge is 2.18. The number of rotatable bonds is 4. The second-order valence-electron chi connectivity index (χ2n) is 4.48. The zero-order chi connectivity index (χ0) is 13.8. The van der Waals surface area contributed by atoms with Crippen LogP contribution in [0.15, 0.2) is 18.2 Å². The van der Waals surface area contributed by atoms with Crippen molar-refractivity contribution in [1.29, 1.82) is 0 Å². The van der Waals surface area contributed by atoms with Gasteiger partial charge in [-0.25, -0.2) is 0 Å². The van der Waals surface area contributed by atoms with Gasteiger partial charge in [0, 0.05) is 19.2 Å². The van der Waals surface area contributed by atoms with Gasteiger partial charge in [-0.2, -0.15) is 0 Å². The summed E-state index contributed by atoms with van der Waals surface area (Å²) in [4.78, 5) is 13.0. The van der Waals surface area contributed by atoms with Gasteiger partial charge < -0.3 is 15.4 Å². The quantitative estimate of drug-likeness (QED) is 0.862. The Morgan fingerprint density at radius 3 is 2.68 bits per heavy atom. The van der Waals surface area contributed by atoms with Crippen LogP contribution in [0.4, 0.5) is 5.69 Å². The average molecular weight is 281 g/mol. The van der Waals surface area contributed by atoms with E-state index in [9.17, 15) is 4.79 Å². The molecule has 0 spiro atoms.